The summed E-state index contributed by atoms with van der Waals surface area (Å²) in [5.41, 5.74) is 5.06. The molecule has 0 bridgehead atoms. The standard InChI is InChI=1S/C21H20O3/c1-13-7-14(2)9-15(8-13)12-23-17-5-6-20-18(10-17)19(11-22)21(24-20)16-3-4-16/h5-11,16H,3-4,12H2,1-2H3. The van der Waals surface area contributed by atoms with Gasteiger partial charge in [-0.25, -0.2) is 0 Å². The minimum absolute atomic E-state index is 0.414. The average Bonchev–Trinajstić information content (AvgIpc) is 3.33. The van der Waals surface area contributed by atoms with Gasteiger partial charge in [0.05, 0.1) is 5.56 Å². The van der Waals surface area contributed by atoms with Crippen LogP contribution in [0, 0.1) is 13.8 Å². The van der Waals surface area contributed by atoms with Gasteiger partial charge in [0.25, 0.3) is 0 Å². The summed E-state index contributed by atoms with van der Waals surface area (Å²) in [4.78, 5) is 11.5. The minimum Gasteiger partial charge on any atom is -0.489 e. The summed E-state index contributed by atoms with van der Waals surface area (Å²) in [6, 6.07) is 12.1. The Balaban J connectivity index is 1.61. The van der Waals surface area contributed by atoms with Crippen LogP contribution in [0.4, 0.5) is 0 Å². The Morgan fingerprint density at radius 1 is 1.12 bits per heavy atom. The number of aldehydes is 1. The lowest BCUT2D eigenvalue weighted by Crippen LogP contribution is -1.96. The van der Waals surface area contributed by atoms with Gasteiger partial charge in [0, 0.05) is 11.3 Å². The van der Waals surface area contributed by atoms with Crippen molar-refractivity contribution < 1.29 is 13.9 Å². The Bertz CT molecular complexity index is 896. The molecule has 0 unspecified atom stereocenters. The molecule has 3 nitrogen and oxygen atoms in total. The lowest BCUT2D eigenvalue weighted by atomic mass is 10.1. The quantitative estimate of drug-likeness (QED) is 0.597. The molecule has 2 aromatic carbocycles. The highest BCUT2D eigenvalue weighted by atomic mass is 16.5. The number of hydrogen-bond acceptors (Lipinski definition) is 3. The number of fused-ring (bicyclic) bond motifs is 1. The number of benzene rings is 2. The van der Waals surface area contributed by atoms with Crippen molar-refractivity contribution in [3.63, 3.8) is 0 Å². The topological polar surface area (TPSA) is 39.4 Å². The first-order chi connectivity index (χ1) is 11.6. The van der Waals surface area contributed by atoms with Gasteiger partial charge in [-0.15, -0.1) is 0 Å². The molecular formula is C21H20O3. The van der Waals surface area contributed by atoms with E-state index in [1.165, 1.54) is 11.1 Å². The summed E-state index contributed by atoms with van der Waals surface area (Å²) >= 11 is 0. The number of carbonyl (C=O) groups excluding carboxylic acids is 1. The molecule has 122 valence electrons. The molecule has 1 heterocycles. The summed E-state index contributed by atoms with van der Waals surface area (Å²) < 4.78 is 11.8. The van der Waals surface area contributed by atoms with Gasteiger partial charge in [-0.05, 0) is 50.5 Å². The SMILES string of the molecule is Cc1cc(C)cc(COc2ccc3oc(C4CC4)c(C=O)c3c2)c1. The third kappa shape index (κ3) is 2.82. The molecule has 1 fully saturated rings. The zero-order valence-electron chi connectivity index (χ0n) is 14.0. The first-order valence-electron chi connectivity index (χ1n) is 8.35. The molecule has 0 spiro atoms. The largest absolute Gasteiger partial charge is 0.489 e. The van der Waals surface area contributed by atoms with E-state index in [2.05, 4.69) is 32.0 Å². The maximum atomic E-state index is 11.5. The van der Waals surface area contributed by atoms with Crippen LogP contribution in [0.2, 0.25) is 0 Å². The van der Waals surface area contributed by atoms with Crippen LogP contribution >= 0.6 is 0 Å². The highest BCUT2D eigenvalue weighted by Gasteiger charge is 2.31. The highest BCUT2D eigenvalue weighted by Crippen LogP contribution is 2.44. The second-order valence-electron chi connectivity index (χ2n) is 6.71. The average molecular weight is 320 g/mol. The van der Waals surface area contributed by atoms with Crippen molar-refractivity contribution in [2.24, 2.45) is 0 Å². The second-order valence-corrected chi connectivity index (χ2v) is 6.71. The van der Waals surface area contributed by atoms with Crippen molar-refractivity contribution in [2.75, 3.05) is 0 Å². The molecule has 1 aliphatic rings. The van der Waals surface area contributed by atoms with Crippen molar-refractivity contribution in [2.45, 2.75) is 39.2 Å². The number of ether oxygens (including phenoxy) is 1. The molecule has 0 N–H and O–H groups in total. The Hall–Kier alpha value is -2.55. The van der Waals surface area contributed by atoms with Crippen molar-refractivity contribution in [1.29, 1.82) is 0 Å². The Morgan fingerprint density at radius 3 is 2.54 bits per heavy atom. The fourth-order valence-electron chi connectivity index (χ4n) is 3.29. The van der Waals surface area contributed by atoms with Gasteiger partial charge < -0.3 is 9.15 Å². The molecular weight excluding hydrogens is 300 g/mol. The van der Waals surface area contributed by atoms with E-state index in [1.807, 2.05) is 18.2 Å². The Kier molecular flexibility index (Phi) is 3.64. The van der Waals surface area contributed by atoms with Crippen LogP contribution in [0.5, 0.6) is 5.75 Å². The van der Waals surface area contributed by atoms with Crippen molar-refractivity contribution in [3.8, 4) is 5.75 Å². The third-order valence-electron chi connectivity index (χ3n) is 4.48. The van der Waals surface area contributed by atoms with Crippen LogP contribution in [-0.4, -0.2) is 6.29 Å². The van der Waals surface area contributed by atoms with E-state index in [0.717, 1.165) is 47.2 Å². The smallest absolute Gasteiger partial charge is 0.154 e. The lowest BCUT2D eigenvalue weighted by Gasteiger charge is -2.08. The van der Waals surface area contributed by atoms with Crippen LogP contribution in [0.1, 0.15) is 51.6 Å². The molecule has 1 saturated carbocycles. The Morgan fingerprint density at radius 2 is 1.88 bits per heavy atom. The van der Waals surface area contributed by atoms with Crippen LogP contribution in [-0.2, 0) is 6.61 Å². The van der Waals surface area contributed by atoms with Crippen LogP contribution in [0.3, 0.4) is 0 Å². The molecule has 0 atom stereocenters. The molecule has 0 radical (unpaired) electrons. The maximum absolute atomic E-state index is 11.5. The van der Waals surface area contributed by atoms with E-state index in [4.69, 9.17) is 9.15 Å². The predicted octanol–water partition coefficient (Wildman–Crippen LogP) is 5.32. The van der Waals surface area contributed by atoms with Gasteiger partial charge in [-0.2, -0.15) is 0 Å². The zero-order valence-corrected chi connectivity index (χ0v) is 14.0. The number of furan rings is 1. The van der Waals surface area contributed by atoms with E-state index in [1.54, 1.807) is 0 Å². The number of hydrogen-bond donors (Lipinski definition) is 0. The number of rotatable bonds is 5. The first kappa shape index (κ1) is 15.0. The Labute approximate surface area is 141 Å². The summed E-state index contributed by atoms with van der Waals surface area (Å²) in [5.74, 6) is 2.01. The van der Waals surface area contributed by atoms with E-state index in [0.29, 0.717) is 18.1 Å². The normalized spacial score (nSPS) is 14.1. The summed E-state index contributed by atoms with van der Waals surface area (Å²) in [5, 5.41) is 0.852. The van der Waals surface area contributed by atoms with Gasteiger partial charge in [-0.3, -0.25) is 4.79 Å². The van der Waals surface area contributed by atoms with E-state index in [9.17, 15) is 4.79 Å². The number of aryl methyl sites for hydroxylation is 2. The fourth-order valence-corrected chi connectivity index (χ4v) is 3.29. The summed E-state index contributed by atoms with van der Waals surface area (Å²) in [7, 11) is 0. The fraction of sp³-hybridized carbons (Fsp3) is 0.286. The van der Waals surface area contributed by atoms with Crippen LogP contribution in [0.25, 0.3) is 11.0 Å². The van der Waals surface area contributed by atoms with Crippen molar-refractivity contribution in [1.82, 2.24) is 0 Å². The molecule has 0 amide bonds. The maximum Gasteiger partial charge on any atom is 0.154 e. The molecule has 1 aromatic heterocycles. The van der Waals surface area contributed by atoms with E-state index in [-0.39, 0.29) is 0 Å². The molecule has 24 heavy (non-hydrogen) atoms. The molecule has 1 aliphatic carbocycles. The first-order valence-corrected chi connectivity index (χ1v) is 8.35. The number of carbonyl (C=O) groups is 1. The van der Waals surface area contributed by atoms with Gasteiger partial charge in [0.1, 0.15) is 23.7 Å². The zero-order chi connectivity index (χ0) is 16.7. The molecule has 3 aromatic rings. The molecule has 0 aliphatic heterocycles. The monoisotopic (exact) mass is 320 g/mol. The van der Waals surface area contributed by atoms with E-state index < -0.39 is 0 Å². The van der Waals surface area contributed by atoms with Crippen molar-refractivity contribution >= 4 is 17.3 Å². The van der Waals surface area contributed by atoms with Gasteiger partial charge >= 0.3 is 0 Å². The molecule has 0 saturated heterocycles. The summed E-state index contributed by atoms with van der Waals surface area (Å²) in [6.45, 7) is 4.69. The van der Waals surface area contributed by atoms with E-state index >= 15 is 0 Å². The third-order valence-corrected chi connectivity index (χ3v) is 4.48. The van der Waals surface area contributed by atoms with Crippen molar-refractivity contribution in [3.05, 3.63) is 64.4 Å². The predicted molar refractivity (Wildman–Crippen MR) is 93.8 cm³/mol. The summed E-state index contributed by atoms with van der Waals surface area (Å²) in [6.07, 6.45) is 3.13. The van der Waals surface area contributed by atoms with Gasteiger partial charge in [-0.1, -0.05) is 29.3 Å². The highest BCUT2D eigenvalue weighted by molar-refractivity contribution is 5.98. The molecule has 3 heteroatoms. The molecule has 4 rings (SSSR count). The van der Waals surface area contributed by atoms with Crippen LogP contribution < -0.4 is 4.74 Å². The van der Waals surface area contributed by atoms with Gasteiger partial charge in [0.2, 0.25) is 0 Å². The second kappa shape index (κ2) is 5.82. The lowest BCUT2D eigenvalue weighted by molar-refractivity contribution is 0.112. The minimum atomic E-state index is 0.414. The van der Waals surface area contributed by atoms with Gasteiger partial charge in [0.15, 0.2) is 6.29 Å². The van der Waals surface area contributed by atoms with Crippen LogP contribution in [0.15, 0.2) is 40.8 Å².